The summed E-state index contributed by atoms with van der Waals surface area (Å²) in [5.74, 6) is 2.07. The van der Waals surface area contributed by atoms with Crippen molar-refractivity contribution in [1.82, 2.24) is 5.32 Å². The van der Waals surface area contributed by atoms with Crippen molar-refractivity contribution in [3.05, 3.63) is 59.7 Å². The van der Waals surface area contributed by atoms with E-state index in [1.54, 1.807) is 18.2 Å². The van der Waals surface area contributed by atoms with Gasteiger partial charge in [-0.3, -0.25) is 4.31 Å². The van der Waals surface area contributed by atoms with E-state index in [2.05, 4.69) is 41.8 Å². The minimum absolute atomic E-state index is 0.530. The second-order valence-corrected chi connectivity index (χ2v) is 10.1. The summed E-state index contributed by atoms with van der Waals surface area (Å²) in [4.78, 5) is 0. The van der Waals surface area contributed by atoms with E-state index in [-0.39, 0.29) is 0 Å². The lowest BCUT2D eigenvalue weighted by Crippen LogP contribution is -2.29. The third-order valence-corrected chi connectivity index (χ3v) is 6.63. The molecule has 0 bridgehead atoms. The Morgan fingerprint density at radius 1 is 1.18 bits per heavy atom. The van der Waals surface area contributed by atoms with Crippen LogP contribution in [0.4, 0.5) is 11.4 Å². The lowest BCUT2D eigenvalue weighted by Gasteiger charge is -2.18. The molecule has 28 heavy (non-hydrogen) atoms. The Kier molecular flexibility index (Phi) is 8.59. The van der Waals surface area contributed by atoms with Crippen molar-refractivity contribution in [2.45, 2.75) is 19.1 Å². The number of rotatable bonds is 9. The molecule has 0 aromatic heterocycles. The first kappa shape index (κ1) is 22.5. The highest BCUT2D eigenvalue weighted by Gasteiger charge is 2.12. The van der Waals surface area contributed by atoms with Crippen molar-refractivity contribution in [2.75, 3.05) is 35.2 Å². The first-order valence-electron chi connectivity index (χ1n) is 8.98. The van der Waals surface area contributed by atoms with Gasteiger partial charge in [-0.05, 0) is 55.1 Å². The molecule has 2 aromatic rings. The Morgan fingerprint density at radius 2 is 1.93 bits per heavy atom. The molecular weight excluding hydrogens is 410 g/mol. The Morgan fingerprint density at radius 3 is 2.64 bits per heavy atom. The van der Waals surface area contributed by atoms with Gasteiger partial charge < -0.3 is 10.6 Å². The number of thiocarbonyl (C=S) groups is 1. The Bertz CT molecular complexity index is 901. The molecule has 2 rings (SSSR count). The first-order chi connectivity index (χ1) is 13.3. The van der Waals surface area contributed by atoms with Crippen molar-refractivity contribution < 1.29 is 8.42 Å². The zero-order valence-electron chi connectivity index (χ0n) is 16.4. The Labute approximate surface area is 178 Å². The molecule has 0 radical (unpaired) electrons. The van der Waals surface area contributed by atoms with Crippen LogP contribution in [0.3, 0.4) is 0 Å². The average molecular weight is 438 g/mol. The third kappa shape index (κ3) is 7.69. The summed E-state index contributed by atoms with van der Waals surface area (Å²) in [5, 5.41) is 6.83. The fourth-order valence-corrected chi connectivity index (χ4v) is 4.14. The molecule has 0 amide bonds. The van der Waals surface area contributed by atoms with E-state index in [0.29, 0.717) is 10.8 Å². The van der Waals surface area contributed by atoms with Crippen molar-refractivity contribution in [3.8, 4) is 0 Å². The lowest BCUT2D eigenvalue weighted by atomic mass is 10.2. The van der Waals surface area contributed by atoms with E-state index < -0.39 is 10.0 Å². The number of aryl methyl sites for hydroxylation is 1. The van der Waals surface area contributed by atoms with E-state index in [1.807, 2.05) is 17.8 Å². The molecule has 0 aliphatic heterocycles. The summed E-state index contributed by atoms with van der Waals surface area (Å²) >= 11 is 7.24. The number of hydrogen-bond donors (Lipinski definition) is 2. The van der Waals surface area contributed by atoms with Crippen LogP contribution in [0.25, 0.3) is 0 Å². The van der Waals surface area contributed by atoms with E-state index in [0.717, 1.165) is 30.2 Å². The standard InChI is InChI=1S/C20H27N3O2S3/c1-16-7-4-8-17(13-16)15-27-12-6-11-21-20(26)22-18-9-5-10-19(14-18)23(2)28(3,24)25/h4-5,7-10,13-14H,6,11-12,15H2,1-3H3,(H2,21,22,26). The SMILES string of the molecule is Cc1cccc(CSCCCNC(=S)Nc2cccc(N(C)S(C)(=O)=O)c2)c1. The fourth-order valence-electron chi connectivity index (χ4n) is 2.51. The van der Waals surface area contributed by atoms with Gasteiger partial charge in [0.15, 0.2) is 5.11 Å². The van der Waals surface area contributed by atoms with Crippen LogP contribution in [0.1, 0.15) is 17.5 Å². The number of thioether (sulfide) groups is 1. The van der Waals surface area contributed by atoms with Gasteiger partial charge in [0.25, 0.3) is 0 Å². The number of hydrogen-bond acceptors (Lipinski definition) is 4. The van der Waals surface area contributed by atoms with Gasteiger partial charge in [0, 0.05) is 25.0 Å². The van der Waals surface area contributed by atoms with Crippen LogP contribution in [-0.4, -0.2) is 39.1 Å². The molecule has 0 fully saturated rings. The molecule has 0 spiro atoms. The van der Waals surface area contributed by atoms with Crippen LogP contribution < -0.4 is 14.9 Å². The topological polar surface area (TPSA) is 61.4 Å². The smallest absolute Gasteiger partial charge is 0.231 e. The summed E-state index contributed by atoms with van der Waals surface area (Å²) in [5.41, 5.74) is 3.99. The molecule has 0 aliphatic carbocycles. The third-order valence-electron chi connectivity index (χ3n) is 4.07. The Hall–Kier alpha value is -1.77. The van der Waals surface area contributed by atoms with Gasteiger partial charge in [0.2, 0.25) is 10.0 Å². The van der Waals surface area contributed by atoms with Crippen LogP contribution >= 0.6 is 24.0 Å². The lowest BCUT2D eigenvalue weighted by molar-refractivity contribution is 0.600. The minimum atomic E-state index is -3.29. The summed E-state index contributed by atoms with van der Waals surface area (Å²) in [6.45, 7) is 2.90. The first-order valence-corrected chi connectivity index (χ1v) is 12.4. The highest BCUT2D eigenvalue weighted by Crippen LogP contribution is 2.20. The van der Waals surface area contributed by atoms with Crippen LogP contribution in [0.2, 0.25) is 0 Å². The van der Waals surface area contributed by atoms with Gasteiger partial charge in [-0.1, -0.05) is 35.9 Å². The molecule has 152 valence electrons. The number of anilines is 2. The number of benzene rings is 2. The summed E-state index contributed by atoms with van der Waals surface area (Å²) < 4.78 is 24.6. The fraction of sp³-hybridized carbons (Fsp3) is 0.350. The van der Waals surface area contributed by atoms with E-state index >= 15 is 0 Å². The van der Waals surface area contributed by atoms with Crippen molar-refractivity contribution in [1.29, 1.82) is 0 Å². The molecule has 0 atom stereocenters. The van der Waals surface area contributed by atoms with E-state index in [9.17, 15) is 8.42 Å². The minimum Gasteiger partial charge on any atom is -0.362 e. The van der Waals surface area contributed by atoms with Gasteiger partial charge >= 0.3 is 0 Å². The largest absolute Gasteiger partial charge is 0.362 e. The molecule has 0 saturated heterocycles. The second-order valence-electron chi connectivity index (χ2n) is 6.56. The van der Waals surface area contributed by atoms with Gasteiger partial charge in [-0.25, -0.2) is 8.42 Å². The molecule has 2 aromatic carbocycles. The van der Waals surface area contributed by atoms with Gasteiger partial charge in [-0.15, -0.1) is 0 Å². The van der Waals surface area contributed by atoms with Gasteiger partial charge in [0.05, 0.1) is 11.9 Å². The van der Waals surface area contributed by atoms with Crippen LogP contribution in [0.15, 0.2) is 48.5 Å². The molecule has 0 aliphatic rings. The summed E-state index contributed by atoms with van der Waals surface area (Å²) in [6, 6.07) is 15.7. The van der Waals surface area contributed by atoms with Crippen LogP contribution in [0.5, 0.6) is 0 Å². The van der Waals surface area contributed by atoms with E-state index in [4.69, 9.17) is 12.2 Å². The quantitative estimate of drug-likeness (QED) is 0.457. The molecule has 8 heteroatoms. The monoisotopic (exact) mass is 437 g/mol. The van der Waals surface area contributed by atoms with Crippen molar-refractivity contribution in [2.24, 2.45) is 0 Å². The second kappa shape index (κ2) is 10.7. The zero-order chi connectivity index (χ0) is 20.6. The maximum Gasteiger partial charge on any atom is 0.231 e. The van der Waals surface area contributed by atoms with Crippen molar-refractivity contribution >= 4 is 50.5 Å². The molecule has 0 saturated carbocycles. The maximum atomic E-state index is 11.7. The predicted molar refractivity (Wildman–Crippen MR) is 126 cm³/mol. The highest BCUT2D eigenvalue weighted by atomic mass is 32.2. The normalized spacial score (nSPS) is 11.1. The molecular formula is C20H27N3O2S3. The highest BCUT2D eigenvalue weighted by molar-refractivity contribution is 7.98. The molecule has 0 unspecified atom stereocenters. The number of sulfonamides is 1. The van der Waals surface area contributed by atoms with Gasteiger partial charge in [0.1, 0.15) is 0 Å². The molecule has 2 N–H and O–H groups in total. The number of nitrogens with zero attached hydrogens (tertiary/aromatic N) is 1. The van der Waals surface area contributed by atoms with Crippen LogP contribution in [-0.2, 0) is 15.8 Å². The average Bonchev–Trinajstić information content (AvgIpc) is 2.63. The Balaban J connectivity index is 1.70. The summed E-state index contributed by atoms with van der Waals surface area (Å²) in [7, 11) is -1.76. The predicted octanol–water partition coefficient (Wildman–Crippen LogP) is 4.00. The van der Waals surface area contributed by atoms with Crippen LogP contribution in [0, 0.1) is 6.92 Å². The van der Waals surface area contributed by atoms with Crippen molar-refractivity contribution in [3.63, 3.8) is 0 Å². The van der Waals surface area contributed by atoms with Gasteiger partial charge in [-0.2, -0.15) is 11.8 Å². The maximum absolute atomic E-state index is 11.7. The summed E-state index contributed by atoms with van der Waals surface area (Å²) in [6.07, 6.45) is 2.19. The molecule has 0 heterocycles. The zero-order valence-corrected chi connectivity index (χ0v) is 18.9. The van der Waals surface area contributed by atoms with E-state index in [1.165, 1.54) is 28.7 Å². The molecule has 5 nitrogen and oxygen atoms in total. The number of nitrogens with one attached hydrogen (secondary N) is 2.